The minimum Gasteiger partial charge on any atom is -0.386 e. The van der Waals surface area contributed by atoms with E-state index in [0.29, 0.717) is 0 Å². The van der Waals surface area contributed by atoms with Gasteiger partial charge < -0.3 is 5.11 Å². The van der Waals surface area contributed by atoms with Gasteiger partial charge in [0, 0.05) is 0 Å². The molecule has 1 aromatic rings. The molecular formula is C12H16F2O3S. The minimum atomic E-state index is -4.87. The van der Waals surface area contributed by atoms with Gasteiger partial charge in [-0.2, -0.15) is 8.78 Å². The summed E-state index contributed by atoms with van der Waals surface area (Å²) in [6.45, 7) is 3.27. The second-order valence-electron chi connectivity index (χ2n) is 4.52. The molecular weight excluding hydrogens is 262 g/mol. The van der Waals surface area contributed by atoms with Crippen LogP contribution in [-0.4, -0.2) is 24.9 Å². The van der Waals surface area contributed by atoms with Crippen molar-refractivity contribution in [3.8, 4) is 0 Å². The van der Waals surface area contributed by atoms with Crippen molar-refractivity contribution >= 4 is 9.84 Å². The lowest BCUT2D eigenvalue weighted by Gasteiger charge is -2.23. The molecule has 0 saturated heterocycles. The molecule has 0 aliphatic rings. The third-order valence-corrected chi connectivity index (χ3v) is 4.38. The molecule has 0 spiro atoms. The SMILES string of the molecule is CC(C)C[C@@H](O)C(F)(F)S(=O)(=O)c1ccccc1. The second-order valence-corrected chi connectivity index (χ2v) is 6.55. The van der Waals surface area contributed by atoms with Crippen LogP contribution < -0.4 is 0 Å². The van der Waals surface area contributed by atoms with Crippen LogP contribution >= 0.6 is 0 Å². The third kappa shape index (κ3) is 2.87. The molecule has 0 bridgehead atoms. The molecule has 1 aromatic carbocycles. The Hall–Kier alpha value is -1.01. The highest BCUT2D eigenvalue weighted by Gasteiger charge is 2.52. The van der Waals surface area contributed by atoms with Crippen LogP contribution in [0.3, 0.4) is 0 Å². The van der Waals surface area contributed by atoms with E-state index < -0.39 is 26.1 Å². The zero-order valence-corrected chi connectivity index (χ0v) is 11.0. The monoisotopic (exact) mass is 278 g/mol. The summed E-state index contributed by atoms with van der Waals surface area (Å²) in [4.78, 5) is -0.488. The maximum absolute atomic E-state index is 13.8. The molecule has 0 amide bonds. The zero-order chi connectivity index (χ0) is 14.0. The molecule has 0 aliphatic heterocycles. The summed E-state index contributed by atoms with van der Waals surface area (Å²) >= 11 is 0. The number of hydrogen-bond donors (Lipinski definition) is 1. The average Bonchev–Trinajstić information content (AvgIpc) is 2.29. The lowest BCUT2D eigenvalue weighted by atomic mass is 10.1. The van der Waals surface area contributed by atoms with Gasteiger partial charge >= 0.3 is 5.25 Å². The summed E-state index contributed by atoms with van der Waals surface area (Å²) in [5.41, 5.74) is 0. The van der Waals surface area contributed by atoms with E-state index >= 15 is 0 Å². The first-order chi connectivity index (χ1) is 8.19. The third-order valence-electron chi connectivity index (χ3n) is 2.49. The van der Waals surface area contributed by atoms with Crippen molar-refractivity contribution in [3.63, 3.8) is 0 Å². The summed E-state index contributed by atoms with van der Waals surface area (Å²) in [5.74, 6) is -0.225. The molecule has 1 atom stereocenters. The predicted molar refractivity (Wildman–Crippen MR) is 64.0 cm³/mol. The van der Waals surface area contributed by atoms with Gasteiger partial charge in [0.05, 0.1) is 4.90 Å². The summed E-state index contributed by atoms with van der Waals surface area (Å²) in [5, 5.41) is 5.23. The molecule has 0 fully saturated rings. The largest absolute Gasteiger partial charge is 0.386 e. The molecule has 0 radical (unpaired) electrons. The van der Waals surface area contributed by atoms with Crippen molar-refractivity contribution in [2.75, 3.05) is 0 Å². The molecule has 0 unspecified atom stereocenters. The molecule has 18 heavy (non-hydrogen) atoms. The quantitative estimate of drug-likeness (QED) is 0.900. The summed E-state index contributed by atoms with van der Waals surface area (Å²) in [7, 11) is -4.87. The van der Waals surface area contributed by atoms with Crippen molar-refractivity contribution in [1.29, 1.82) is 0 Å². The van der Waals surface area contributed by atoms with Gasteiger partial charge in [0.1, 0.15) is 6.10 Å². The first-order valence-electron chi connectivity index (χ1n) is 5.55. The van der Waals surface area contributed by atoms with Crippen LogP contribution in [0.1, 0.15) is 20.3 Å². The number of sulfone groups is 1. The lowest BCUT2D eigenvalue weighted by Crippen LogP contribution is -2.42. The number of aliphatic hydroxyl groups excluding tert-OH is 1. The van der Waals surface area contributed by atoms with Gasteiger partial charge in [-0.05, 0) is 24.5 Å². The highest BCUT2D eigenvalue weighted by atomic mass is 32.2. The van der Waals surface area contributed by atoms with Crippen LogP contribution in [0.4, 0.5) is 8.78 Å². The van der Waals surface area contributed by atoms with E-state index in [1.165, 1.54) is 18.2 Å². The van der Waals surface area contributed by atoms with E-state index in [1.807, 2.05) is 0 Å². The summed E-state index contributed by atoms with van der Waals surface area (Å²) in [6, 6.07) is 6.42. The fourth-order valence-corrected chi connectivity index (χ4v) is 2.80. The van der Waals surface area contributed by atoms with Crippen LogP contribution in [0.25, 0.3) is 0 Å². The van der Waals surface area contributed by atoms with Gasteiger partial charge in [0.15, 0.2) is 0 Å². The highest BCUT2D eigenvalue weighted by Crippen LogP contribution is 2.34. The molecule has 102 valence electrons. The molecule has 1 N–H and O–H groups in total. The molecule has 0 heterocycles. The van der Waals surface area contributed by atoms with Gasteiger partial charge in [-0.15, -0.1) is 0 Å². The van der Waals surface area contributed by atoms with E-state index in [0.717, 1.165) is 12.1 Å². The number of rotatable bonds is 5. The number of benzene rings is 1. The van der Waals surface area contributed by atoms with Crippen molar-refractivity contribution in [2.24, 2.45) is 5.92 Å². The second kappa shape index (κ2) is 5.32. The smallest absolute Gasteiger partial charge is 0.375 e. The van der Waals surface area contributed by atoms with E-state index in [9.17, 15) is 22.3 Å². The molecule has 6 heteroatoms. The fraction of sp³-hybridized carbons (Fsp3) is 0.500. The number of aliphatic hydroxyl groups is 1. The molecule has 1 rings (SSSR count). The van der Waals surface area contributed by atoms with E-state index in [-0.39, 0.29) is 12.3 Å². The Kier molecular flexibility index (Phi) is 4.45. The van der Waals surface area contributed by atoms with Crippen LogP contribution in [0, 0.1) is 5.92 Å². The van der Waals surface area contributed by atoms with Crippen LogP contribution in [0.5, 0.6) is 0 Å². The van der Waals surface area contributed by atoms with E-state index in [4.69, 9.17) is 0 Å². The van der Waals surface area contributed by atoms with Gasteiger partial charge in [-0.25, -0.2) is 8.42 Å². The Morgan fingerprint density at radius 3 is 2.17 bits per heavy atom. The lowest BCUT2D eigenvalue weighted by molar-refractivity contribution is -0.0505. The topological polar surface area (TPSA) is 54.4 Å². The van der Waals surface area contributed by atoms with Crippen molar-refractivity contribution < 1.29 is 22.3 Å². The Morgan fingerprint density at radius 1 is 1.22 bits per heavy atom. The molecule has 3 nitrogen and oxygen atoms in total. The zero-order valence-electron chi connectivity index (χ0n) is 10.2. The Bertz CT molecular complexity index is 483. The summed E-state index contributed by atoms with van der Waals surface area (Å²) < 4.78 is 51.1. The van der Waals surface area contributed by atoms with Crippen molar-refractivity contribution in [1.82, 2.24) is 0 Å². The fourth-order valence-electron chi connectivity index (χ4n) is 1.52. The average molecular weight is 278 g/mol. The maximum Gasteiger partial charge on any atom is 0.375 e. The van der Waals surface area contributed by atoms with Crippen LogP contribution in [0.15, 0.2) is 35.2 Å². The van der Waals surface area contributed by atoms with Gasteiger partial charge in [0.25, 0.3) is 0 Å². The Labute approximate surface area is 105 Å². The number of alkyl halides is 2. The first-order valence-corrected chi connectivity index (χ1v) is 7.03. The van der Waals surface area contributed by atoms with Crippen molar-refractivity contribution in [2.45, 2.75) is 36.5 Å². The van der Waals surface area contributed by atoms with Gasteiger partial charge in [0.2, 0.25) is 9.84 Å². The van der Waals surface area contributed by atoms with Gasteiger partial charge in [-0.1, -0.05) is 32.0 Å². The summed E-state index contributed by atoms with van der Waals surface area (Å²) in [6.07, 6.45) is -2.48. The van der Waals surface area contributed by atoms with Crippen LogP contribution in [0.2, 0.25) is 0 Å². The predicted octanol–water partition coefficient (Wildman–Crippen LogP) is 2.46. The van der Waals surface area contributed by atoms with E-state index in [1.54, 1.807) is 13.8 Å². The standard InChI is InChI=1S/C12H16F2O3S/c1-9(2)8-11(15)12(13,14)18(16,17)10-6-4-3-5-7-10/h3-7,9,11,15H,8H2,1-2H3/t11-/m1/s1. The minimum absolute atomic E-state index is 0.225. The molecule has 0 aromatic heterocycles. The Morgan fingerprint density at radius 2 is 1.72 bits per heavy atom. The molecule has 0 aliphatic carbocycles. The van der Waals surface area contributed by atoms with Gasteiger partial charge in [-0.3, -0.25) is 0 Å². The van der Waals surface area contributed by atoms with Crippen molar-refractivity contribution in [3.05, 3.63) is 30.3 Å². The normalized spacial score (nSPS) is 14.8. The first kappa shape index (κ1) is 15.0. The van der Waals surface area contributed by atoms with E-state index in [2.05, 4.69) is 0 Å². The molecule has 0 saturated carbocycles. The highest BCUT2D eigenvalue weighted by molar-refractivity contribution is 7.92. The Balaban J connectivity index is 3.11. The number of hydrogen-bond acceptors (Lipinski definition) is 3. The van der Waals surface area contributed by atoms with Crippen LogP contribution in [-0.2, 0) is 9.84 Å². The number of halogens is 2. The maximum atomic E-state index is 13.8.